The van der Waals surface area contributed by atoms with Crippen LogP contribution in [-0.2, 0) is 21.4 Å². The maximum absolute atomic E-state index is 13.9. The Kier molecular flexibility index (Phi) is 7.56. The molecule has 2 aromatic carbocycles. The molecular weight excluding hydrogens is 550 g/mol. The van der Waals surface area contributed by atoms with Crippen molar-refractivity contribution in [3.63, 3.8) is 0 Å². The number of anilines is 1. The Bertz CT molecular complexity index is 1530. The molecule has 11 heteroatoms. The van der Waals surface area contributed by atoms with Crippen molar-refractivity contribution in [2.75, 3.05) is 25.1 Å². The lowest BCUT2D eigenvalue weighted by atomic mass is 9.96. The van der Waals surface area contributed by atoms with E-state index in [-0.39, 0.29) is 29.1 Å². The van der Waals surface area contributed by atoms with Crippen molar-refractivity contribution in [1.29, 1.82) is 0 Å². The summed E-state index contributed by atoms with van der Waals surface area (Å²) in [6.07, 6.45) is 0.880. The first kappa shape index (κ1) is 26.1. The number of fused-ring (bicyclic) bond motifs is 1. The number of halogens is 1. The van der Waals surface area contributed by atoms with Gasteiger partial charge in [0.1, 0.15) is 15.5 Å². The predicted octanol–water partition coefficient (Wildman–Crippen LogP) is 5.96. The van der Waals surface area contributed by atoms with E-state index in [1.165, 1.54) is 21.7 Å². The van der Waals surface area contributed by atoms with Gasteiger partial charge in [-0.15, -0.1) is 11.3 Å². The second-order valence-electron chi connectivity index (χ2n) is 8.91. The molecule has 5 rings (SSSR count). The Morgan fingerprint density at radius 1 is 1.11 bits per heavy atom. The number of amides is 1. The number of benzene rings is 2. The monoisotopic (exact) mass is 575 g/mol. The molecule has 7 nitrogen and oxygen atoms in total. The molecule has 1 aliphatic rings. The quantitative estimate of drug-likeness (QED) is 0.271. The molecule has 194 valence electrons. The van der Waals surface area contributed by atoms with E-state index in [0.717, 1.165) is 32.7 Å². The van der Waals surface area contributed by atoms with Crippen LogP contribution in [0.2, 0.25) is 4.34 Å². The molecule has 2 aromatic heterocycles. The van der Waals surface area contributed by atoms with E-state index in [4.69, 9.17) is 21.3 Å². The summed E-state index contributed by atoms with van der Waals surface area (Å²) in [6, 6.07) is 16.8. The number of sulfonamides is 1. The highest BCUT2D eigenvalue weighted by Crippen LogP contribution is 2.38. The summed E-state index contributed by atoms with van der Waals surface area (Å²) in [5.41, 5.74) is 2.80. The van der Waals surface area contributed by atoms with E-state index in [0.29, 0.717) is 34.6 Å². The first-order chi connectivity index (χ1) is 17.8. The highest BCUT2D eigenvalue weighted by atomic mass is 35.5. The van der Waals surface area contributed by atoms with Crippen LogP contribution in [0.15, 0.2) is 58.8 Å². The fraction of sp³-hybridized carbons (Fsp3) is 0.308. The van der Waals surface area contributed by atoms with Crippen LogP contribution in [0.1, 0.15) is 24.0 Å². The minimum Gasteiger partial charge on any atom is -0.494 e. The van der Waals surface area contributed by atoms with Crippen LogP contribution in [0.25, 0.3) is 10.2 Å². The Balaban J connectivity index is 1.41. The number of piperidine rings is 1. The van der Waals surface area contributed by atoms with Crippen molar-refractivity contribution in [1.82, 2.24) is 9.29 Å². The van der Waals surface area contributed by atoms with Gasteiger partial charge in [0, 0.05) is 19.0 Å². The number of thiophene rings is 1. The lowest BCUT2D eigenvalue weighted by molar-refractivity contribution is -0.123. The van der Waals surface area contributed by atoms with Crippen LogP contribution in [-0.4, -0.2) is 43.8 Å². The summed E-state index contributed by atoms with van der Waals surface area (Å²) in [5.74, 6) is 0.315. The van der Waals surface area contributed by atoms with Crippen LogP contribution in [0.3, 0.4) is 0 Å². The van der Waals surface area contributed by atoms with Crippen LogP contribution >= 0.6 is 34.3 Å². The van der Waals surface area contributed by atoms with Crippen LogP contribution in [0.4, 0.5) is 5.13 Å². The molecule has 1 saturated heterocycles. The van der Waals surface area contributed by atoms with E-state index in [1.807, 2.05) is 49.4 Å². The first-order valence-corrected chi connectivity index (χ1v) is 15.3. The van der Waals surface area contributed by atoms with Gasteiger partial charge in [-0.05, 0) is 49.1 Å². The second-order valence-corrected chi connectivity index (χ2v) is 13.8. The minimum absolute atomic E-state index is 0.0456. The zero-order valence-electron chi connectivity index (χ0n) is 20.4. The number of aryl methyl sites for hydroxylation is 1. The Morgan fingerprint density at radius 3 is 2.49 bits per heavy atom. The zero-order chi connectivity index (χ0) is 26.2. The van der Waals surface area contributed by atoms with Gasteiger partial charge in [-0.25, -0.2) is 13.4 Å². The molecule has 37 heavy (non-hydrogen) atoms. The Hall–Kier alpha value is -2.50. The smallest absolute Gasteiger partial charge is 0.252 e. The molecule has 4 aromatic rings. The van der Waals surface area contributed by atoms with Gasteiger partial charge in [0.05, 0.1) is 22.7 Å². The number of hydrogen-bond acceptors (Lipinski definition) is 7. The Labute approximate surface area is 229 Å². The van der Waals surface area contributed by atoms with E-state index in [1.54, 1.807) is 18.1 Å². The number of thiazole rings is 1. The number of hydrogen-bond donors (Lipinski definition) is 0. The average molecular weight is 576 g/mol. The van der Waals surface area contributed by atoms with E-state index in [2.05, 4.69) is 0 Å². The van der Waals surface area contributed by atoms with Crippen molar-refractivity contribution in [3.05, 3.63) is 70.1 Å². The molecule has 1 aliphatic heterocycles. The topological polar surface area (TPSA) is 79.8 Å². The lowest BCUT2D eigenvalue weighted by Gasteiger charge is -2.32. The van der Waals surface area contributed by atoms with E-state index < -0.39 is 10.0 Å². The first-order valence-electron chi connectivity index (χ1n) is 11.8. The maximum atomic E-state index is 13.9. The third-order valence-corrected chi connectivity index (χ3v) is 11.3. The molecule has 0 atom stereocenters. The molecule has 0 bridgehead atoms. The molecule has 0 aliphatic carbocycles. The molecule has 1 amide bonds. The van der Waals surface area contributed by atoms with E-state index in [9.17, 15) is 13.2 Å². The molecule has 0 saturated carbocycles. The number of carbonyl (C=O) groups excluding carboxylic acids is 1. The van der Waals surface area contributed by atoms with Gasteiger partial charge in [-0.3, -0.25) is 9.69 Å². The van der Waals surface area contributed by atoms with Crippen LogP contribution in [0, 0.1) is 12.8 Å². The SMILES string of the molecule is COc1ccc(C)c2sc(N(Cc3ccccc3)C(=O)C3CCN(S(=O)(=O)c4ccc(Cl)s4)CC3)nc12. The molecule has 0 unspecified atom stereocenters. The molecule has 1 fully saturated rings. The summed E-state index contributed by atoms with van der Waals surface area (Å²) in [4.78, 5) is 20.5. The summed E-state index contributed by atoms with van der Waals surface area (Å²) in [6.45, 7) is 2.96. The minimum atomic E-state index is -3.62. The predicted molar refractivity (Wildman–Crippen MR) is 149 cm³/mol. The normalized spacial score (nSPS) is 15.2. The summed E-state index contributed by atoms with van der Waals surface area (Å²) in [7, 11) is -2.01. The highest BCUT2D eigenvalue weighted by molar-refractivity contribution is 7.91. The van der Waals surface area contributed by atoms with Crippen molar-refractivity contribution in [2.24, 2.45) is 5.92 Å². The van der Waals surface area contributed by atoms with Crippen molar-refractivity contribution in [3.8, 4) is 5.75 Å². The number of nitrogens with zero attached hydrogens (tertiary/aromatic N) is 3. The van der Waals surface area contributed by atoms with Gasteiger partial charge in [0.2, 0.25) is 5.91 Å². The number of carbonyl (C=O) groups is 1. The highest BCUT2D eigenvalue weighted by Gasteiger charge is 2.35. The standard InChI is InChI=1S/C26H26ClN3O4S3/c1-17-8-9-20(34-2)23-24(17)36-26(28-23)30(16-18-6-4-3-5-7-18)25(31)19-12-14-29(15-13-19)37(32,33)22-11-10-21(27)35-22/h3-11,19H,12-16H2,1-2H3. The summed E-state index contributed by atoms with van der Waals surface area (Å²) < 4.78 is 34.7. The fourth-order valence-corrected chi connectivity index (χ4v) is 8.67. The van der Waals surface area contributed by atoms with E-state index >= 15 is 0 Å². The summed E-state index contributed by atoms with van der Waals surface area (Å²) in [5, 5.41) is 0.611. The van der Waals surface area contributed by atoms with Crippen molar-refractivity contribution >= 4 is 65.6 Å². The molecule has 0 radical (unpaired) electrons. The van der Waals surface area contributed by atoms with Gasteiger partial charge in [-0.1, -0.05) is 59.3 Å². The third kappa shape index (κ3) is 5.26. The fourth-order valence-electron chi connectivity index (χ4n) is 4.51. The molecular formula is C26H26ClN3O4S3. The van der Waals surface area contributed by atoms with Gasteiger partial charge in [0.25, 0.3) is 10.0 Å². The number of methoxy groups -OCH3 is 1. The van der Waals surface area contributed by atoms with Crippen LogP contribution < -0.4 is 9.64 Å². The zero-order valence-corrected chi connectivity index (χ0v) is 23.6. The lowest BCUT2D eigenvalue weighted by Crippen LogP contribution is -2.44. The average Bonchev–Trinajstić information content (AvgIpc) is 3.56. The maximum Gasteiger partial charge on any atom is 0.252 e. The number of ether oxygens (including phenoxy) is 1. The van der Waals surface area contributed by atoms with Gasteiger partial charge < -0.3 is 4.74 Å². The van der Waals surface area contributed by atoms with Gasteiger partial charge >= 0.3 is 0 Å². The number of aromatic nitrogens is 1. The van der Waals surface area contributed by atoms with Gasteiger partial charge in [-0.2, -0.15) is 4.31 Å². The molecule has 0 spiro atoms. The summed E-state index contributed by atoms with van der Waals surface area (Å²) >= 11 is 8.48. The number of rotatable bonds is 7. The molecule has 0 N–H and O–H groups in total. The third-order valence-electron chi connectivity index (χ3n) is 6.54. The molecule has 3 heterocycles. The van der Waals surface area contributed by atoms with Crippen molar-refractivity contribution < 1.29 is 17.9 Å². The van der Waals surface area contributed by atoms with Gasteiger partial charge in [0.15, 0.2) is 5.13 Å². The van der Waals surface area contributed by atoms with Crippen LogP contribution in [0.5, 0.6) is 5.75 Å². The second kappa shape index (κ2) is 10.7. The van der Waals surface area contributed by atoms with Crippen molar-refractivity contribution in [2.45, 2.75) is 30.5 Å². The Morgan fingerprint density at radius 2 is 1.84 bits per heavy atom. The largest absolute Gasteiger partial charge is 0.494 e.